The van der Waals surface area contributed by atoms with Gasteiger partial charge in [-0.3, -0.25) is 4.79 Å². The fourth-order valence-corrected chi connectivity index (χ4v) is 4.00. The Morgan fingerprint density at radius 3 is 2.61 bits per heavy atom. The van der Waals surface area contributed by atoms with Crippen molar-refractivity contribution in [1.29, 1.82) is 0 Å². The predicted molar refractivity (Wildman–Crippen MR) is 102 cm³/mol. The van der Waals surface area contributed by atoms with Crippen LogP contribution < -0.4 is 40.1 Å². The molecule has 3 aromatic rings. The monoisotopic (exact) mass is 384 g/mol. The molecular weight excluding hydrogens is 363 g/mol. The summed E-state index contributed by atoms with van der Waals surface area (Å²) < 4.78 is 6.16. The molecule has 1 fully saturated rings. The molecule has 0 amide bonds. The molecule has 0 radical (unpaired) electrons. The molecule has 0 spiro atoms. The average molecular weight is 384 g/mol. The number of rotatable bonds is 5. The third-order valence-corrected chi connectivity index (χ3v) is 5.47. The Morgan fingerprint density at radius 2 is 1.93 bits per heavy atom. The maximum Gasteiger partial charge on any atom is 1.00 e. The largest absolute Gasteiger partial charge is 1.00 e. The van der Waals surface area contributed by atoms with E-state index >= 15 is 0 Å². The zero-order valence-electron chi connectivity index (χ0n) is 16.5. The zero-order chi connectivity index (χ0) is 19.1. The Labute approximate surface area is 185 Å². The van der Waals surface area contributed by atoms with E-state index in [0.29, 0.717) is 28.9 Å². The quantitative estimate of drug-likeness (QED) is 0.607. The van der Waals surface area contributed by atoms with Crippen molar-refractivity contribution in [2.45, 2.75) is 44.9 Å². The molecule has 5 heteroatoms. The van der Waals surface area contributed by atoms with Gasteiger partial charge in [0.2, 0.25) is 0 Å². The minimum atomic E-state index is -1.29. The molecule has 4 rings (SSSR count). The van der Waals surface area contributed by atoms with E-state index in [1.165, 1.54) is 23.3 Å². The Morgan fingerprint density at radius 1 is 1.18 bits per heavy atom. The van der Waals surface area contributed by atoms with Gasteiger partial charge in [-0.1, -0.05) is 37.6 Å². The van der Waals surface area contributed by atoms with Crippen molar-refractivity contribution in [2.24, 2.45) is 0 Å². The third kappa shape index (κ3) is 3.69. The summed E-state index contributed by atoms with van der Waals surface area (Å²) in [5.74, 6) is 0.0403. The summed E-state index contributed by atoms with van der Waals surface area (Å²) in [4.78, 5) is 24.2. The van der Waals surface area contributed by atoms with Gasteiger partial charge in [0, 0.05) is 11.5 Å². The number of carboxylic acid groups (broad SMARTS) is 1. The number of hydrogen-bond donors (Lipinski definition) is 0. The van der Waals surface area contributed by atoms with Crippen LogP contribution in [0.25, 0.3) is 11.0 Å². The first kappa shape index (κ1) is 20.8. The standard InChI is InChI=1S/C23H22O4.Na/c1-3-6-16-21(24)19-11-14(23(25)26)9-10-20(19)27-22(16)18-12-17(18)15-8-5-4-7-13(15)2;/h4-5,7-11,17-18H,3,6,12H2,1-2H3,(H,25,26);/q;+1/p-1. The van der Waals surface area contributed by atoms with E-state index in [1.807, 2.05) is 19.1 Å². The van der Waals surface area contributed by atoms with Gasteiger partial charge < -0.3 is 14.3 Å². The van der Waals surface area contributed by atoms with E-state index in [9.17, 15) is 14.7 Å². The van der Waals surface area contributed by atoms with E-state index in [0.717, 1.165) is 18.6 Å². The molecule has 138 valence electrons. The second-order valence-electron chi connectivity index (χ2n) is 7.33. The molecule has 1 heterocycles. The van der Waals surface area contributed by atoms with Crippen LogP contribution in [0, 0.1) is 6.92 Å². The first-order valence-corrected chi connectivity index (χ1v) is 9.37. The van der Waals surface area contributed by atoms with Crippen molar-refractivity contribution in [1.82, 2.24) is 0 Å². The van der Waals surface area contributed by atoms with Gasteiger partial charge in [0.1, 0.15) is 11.3 Å². The SMILES string of the molecule is CCCc1c(C2CC2c2ccccc2C)oc2ccc(C(=O)[O-])cc2c1=O.[Na+]. The predicted octanol–water partition coefficient (Wildman–Crippen LogP) is 0.693. The number of benzene rings is 2. The van der Waals surface area contributed by atoms with Crippen LogP contribution in [-0.4, -0.2) is 5.97 Å². The van der Waals surface area contributed by atoms with Gasteiger partial charge in [-0.05, 0) is 60.6 Å². The first-order valence-electron chi connectivity index (χ1n) is 9.37. The van der Waals surface area contributed by atoms with Crippen molar-refractivity contribution in [3.63, 3.8) is 0 Å². The maximum absolute atomic E-state index is 13.1. The van der Waals surface area contributed by atoms with Crippen molar-refractivity contribution in [3.8, 4) is 0 Å². The smallest absolute Gasteiger partial charge is 0.545 e. The third-order valence-electron chi connectivity index (χ3n) is 5.47. The molecule has 1 aromatic heterocycles. The van der Waals surface area contributed by atoms with Gasteiger partial charge in [-0.2, -0.15) is 0 Å². The van der Waals surface area contributed by atoms with Crippen molar-refractivity contribution in [2.75, 3.05) is 0 Å². The molecule has 4 nitrogen and oxygen atoms in total. The molecule has 28 heavy (non-hydrogen) atoms. The Bertz CT molecular complexity index is 1100. The average Bonchev–Trinajstić information content (AvgIpc) is 3.44. The normalized spacial score (nSPS) is 17.9. The minimum absolute atomic E-state index is 0. The molecule has 0 N–H and O–H groups in total. The van der Waals surface area contributed by atoms with Gasteiger partial charge in [0.15, 0.2) is 5.43 Å². The van der Waals surface area contributed by atoms with E-state index < -0.39 is 5.97 Å². The summed E-state index contributed by atoms with van der Waals surface area (Å²) in [7, 11) is 0. The molecule has 2 atom stereocenters. The fraction of sp³-hybridized carbons (Fsp3) is 0.304. The molecular formula is C23H21NaO4. The number of carboxylic acids is 1. The number of carbonyl (C=O) groups excluding carboxylic acids is 1. The Balaban J connectivity index is 0.00000225. The van der Waals surface area contributed by atoms with Crippen LogP contribution in [0.1, 0.15) is 64.4 Å². The Hall–Kier alpha value is -1.88. The molecule has 1 aliphatic rings. The van der Waals surface area contributed by atoms with Crippen molar-refractivity contribution < 1.29 is 43.9 Å². The summed E-state index contributed by atoms with van der Waals surface area (Å²) in [5, 5.41) is 11.5. The van der Waals surface area contributed by atoms with Crippen molar-refractivity contribution >= 4 is 16.9 Å². The number of aryl methyl sites for hydroxylation is 1. The number of fused-ring (bicyclic) bond motifs is 1. The van der Waals surface area contributed by atoms with Crippen molar-refractivity contribution in [3.05, 3.63) is 80.7 Å². The van der Waals surface area contributed by atoms with Gasteiger partial charge in [0.25, 0.3) is 0 Å². The van der Waals surface area contributed by atoms with Crippen LogP contribution >= 0.6 is 0 Å². The summed E-state index contributed by atoms with van der Waals surface area (Å²) in [6.45, 7) is 4.13. The number of carbonyl (C=O) groups is 1. The fourth-order valence-electron chi connectivity index (χ4n) is 4.00. The van der Waals surface area contributed by atoms with E-state index in [-0.39, 0.29) is 46.5 Å². The van der Waals surface area contributed by atoms with Crippen LogP contribution in [0.2, 0.25) is 0 Å². The molecule has 0 saturated heterocycles. The van der Waals surface area contributed by atoms with Gasteiger partial charge in [0.05, 0.1) is 11.4 Å². The zero-order valence-corrected chi connectivity index (χ0v) is 18.5. The number of hydrogen-bond acceptors (Lipinski definition) is 4. The van der Waals surface area contributed by atoms with E-state index in [2.05, 4.69) is 19.1 Å². The van der Waals surface area contributed by atoms with Crippen LogP contribution in [0.4, 0.5) is 0 Å². The summed E-state index contributed by atoms with van der Waals surface area (Å²) in [5.41, 5.74) is 3.56. The first-order chi connectivity index (χ1) is 13.0. The second kappa shape index (κ2) is 8.24. The van der Waals surface area contributed by atoms with Gasteiger partial charge in [-0.15, -0.1) is 0 Å². The van der Waals surface area contributed by atoms with Crippen LogP contribution in [-0.2, 0) is 6.42 Å². The van der Waals surface area contributed by atoms with E-state index in [4.69, 9.17) is 4.42 Å². The molecule has 0 bridgehead atoms. The van der Waals surface area contributed by atoms with Crippen LogP contribution in [0.5, 0.6) is 0 Å². The van der Waals surface area contributed by atoms with Gasteiger partial charge >= 0.3 is 29.6 Å². The van der Waals surface area contributed by atoms with Crippen LogP contribution in [0.15, 0.2) is 51.7 Å². The minimum Gasteiger partial charge on any atom is -0.545 e. The Kier molecular flexibility index (Phi) is 6.13. The van der Waals surface area contributed by atoms with Crippen LogP contribution in [0.3, 0.4) is 0 Å². The molecule has 2 aromatic carbocycles. The summed E-state index contributed by atoms with van der Waals surface area (Å²) >= 11 is 0. The maximum atomic E-state index is 13.1. The van der Waals surface area contributed by atoms with E-state index in [1.54, 1.807) is 6.07 Å². The second-order valence-corrected chi connectivity index (χ2v) is 7.33. The molecule has 1 saturated carbocycles. The molecule has 2 unspecified atom stereocenters. The molecule has 0 aliphatic heterocycles. The number of aromatic carboxylic acids is 1. The summed E-state index contributed by atoms with van der Waals surface area (Å²) in [6, 6.07) is 12.7. The summed E-state index contributed by atoms with van der Waals surface area (Å²) in [6.07, 6.45) is 2.42. The molecule has 1 aliphatic carbocycles. The topological polar surface area (TPSA) is 70.3 Å². The van der Waals surface area contributed by atoms with Gasteiger partial charge in [-0.25, -0.2) is 0 Å².